The molecule has 1 heterocycles. The maximum absolute atomic E-state index is 3.30. The molecule has 3 N–H and O–H groups in total. The fourth-order valence-electron chi connectivity index (χ4n) is 2.01. The minimum absolute atomic E-state index is 1.11. The van der Waals surface area contributed by atoms with Gasteiger partial charge in [0.1, 0.15) is 0 Å². The molecule has 0 spiro atoms. The van der Waals surface area contributed by atoms with Crippen LogP contribution < -0.4 is 15.8 Å². The Hall–Kier alpha value is -1.48. The van der Waals surface area contributed by atoms with E-state index in [0.717, 1.165) is 18.7 Å². The zero-order valence-electron chi connectivity index (χ0n) is 10.7. The first-order chi connectivity index (χ1) is 8.28. The van der Waals surface area contributed by atoms with Crippen LogP contribution in [-0.2, 0) is 0 Å². The minimum Gasteiger partial charge on any atom is -0.332 e. The highest BCUT2D eigenvalue weighted by molar-refractivity contribution is 5.43. The monoisotopic (exact) mass is 232 g/mol. The summed E-state index contributed by atoms with van der Waals surface area (Å²) in [5.41, 5.74) is 10.3. The van der Waals surface area contributed by atoms with Gasteiger partial charge in [-0.2, -0.15) is 0 Å². The smallest absolute Gasteiger partial charge is 0.0978 e. The number of nitrogens with one attached hydrogen (secondary N) is 3. The average Bonchev–Trinajstić information content (AvgIpc) is 2.39. The van der Waals surface area contributed by atoms with Crippen LogP contribution >= 0.6 is 0 Å². The summed E-state index contributed by atoms with van der Waals surface area (Å²) in [6, 6.07) is 8.41. The second kappa shape index (κ2) is 5.73. The lowest BCUT2D eigenvalue weighted by Crippen LogP contribution is -3.12. The van der Waals surface area contributed by atoms with Gasteiger partial charge in [-0.25, -0.2) is 0 Å². The van der Waals surface area contributed by atoms with Crippen LogP contribution in [0.25, 0.3) is 0 Å². The molecule has 2 rings (SSSR count). The molecule has 3 nitrogen and oxygen atoms in total. The van der Waals surface area contributed by atoms with Crippen LogP contribution in [0.1, 0.15) is 18.9 Å². The number of rotatable bonds is 4. The highest BCUT2D eigenvalue weighted by Crippen LogP contribution is 2.08. The van der Waals surface area contributed by atoms with Crippen molar-refractivity contribution in [2.24, 2.45) is 0 Å². The maximum Gasteiger partial charge on any atom is 0.0978 e. The number of quaternary nitrogens is 1. The molecule has 0 saturated heterocycles. The Kier molecular flexibility index (Phi) is 4.04. The van der Waals surface area contributed by atoms with E-state index in [1.54, 1.807) is 4.90 Å². The third-order valence-electron chi connectivity index (χ3n) is 3.30. The van der Waals surface area contributed by atoms with E-state index in [1.807, 2.05) is 0 Å². The van der Waals surface area contributed by atoms with Crippen molar-refractivity contribution in [3.63, 3.8) is 0 Å². The molecule has 0 amide bonds. The lowest BCUT2D eigenvalue weighted by Gasteiger charge is -2.23. The number of hydrogen-bond donors (Lipinski definition) is 3. The normalized spacial score (nSPS) is 19.6. The predicted molar refractivity (Wildman–Crippen MR) is 71.9 cm³/mol. The summed E-state index contributed by atoms with van der Waals surface area (Å²) >= 11 is 0. The van der Waals surface area contributed by atoms with Gasteiger partial charge in [0.2, 0.25) is 0 Å². The summed E-state index contributed by atoms with van der Waals surface area (Å²) in [5, 5.41) is 0. The van der Waals surface area contributed by atoms with Crippen LogP contribution in [-0.4, -0.2) is 19.6 Å². The molecule has 1 aliphatic rings. The molecule has 1 atom stereocenters. The molecule has 1 unspecified atom stereocenters. The third-order valence-corrected chi connectivity index (χ3v) is 3.30. The average molecular weight is 232 g/mol. The van der Waals surface area contributed by atoms with Gasteiger partial charge in [0.25, 0.3) is 0 Å². The molecule has 0 fully saturated rings. The Morgan fingerprint density at radius 1 is 1.18 bits per heavy atom. The first kappa shape index (κ1) is 12.0. The number of hydrogen-bond acceptors (Lipinski definition) is 2. The van der Waals surface area contributed by atoms with E-state index >= 15 is 0 Å². The molecule has 0 aliphatic carbocycles. The van der Waals surface area contributed by atoms with Gasteiger partial charge in [-0.1, -0.05) is 17.7 Å². The van der Waals surface area contributed by atoms with Crippen molar-refractivity contribution in [2.75, 3.05) is 25.1 Å². The molecule has 92 valence electrons. The minimum atomic E-state index is 1.11. The second-order valence-electron chi connectivity index (χ2n) is 4.65. The summed E-state index contributed by atoms with van der Waals surface area (Å²) in [6.07, 6.45) is 3.42. The highest BCUT2D eigenvalue weighted by Gasteiger charge is 2.11. The Morgan fingerprint density at radius 2 is 1.94 bits per heavy atom. The Morgan fingerprint density at radius 3 is 2.53 bits per heavy atom. The first-order valence-electron chi connectivity index (χ1n) is 6.39. The van der Waals surface area contributed by atoms with Crippen molar-refractivity contribution in [3.8, 4) is 0 Å². The Bertz CT molecular complexity index is 381. The van der Waals surface area contributed by atoms with Gasteiger partial charge in [-0.15, -0.1) is 0 Å². The summed E-state index contributed by atoms with van der Waals surface area (Å²) in [7, 11) is 0. The lowest BCUT2D eigenvalue weighted by molar-refractivity contribution is -0.893. The SMILES string of the molecule is CC[NH+]1CC=C(NNc2ccc(C)cc2)CC1. The van der Waals surface area contributed by atoms with E-state index in [9.17, 15) is 0 Å². The van der Waals surface area contributed by atoms with E-state index in [-0.39, 0.29) is 0 Å². The topological polar surface area (TPSA) is 28.5 Å². The van der Waals surface area contributed by atoms with Crippen molar-refractivity contribution in [3.05, 3.63) is 41.6 Å². The zero-order chi connectivity index (χ0) is 12.1. The van der Waals surface area contributed by atoms with Gasteiger partial charge in [0.05, 0.1) is 25.3 Å². The molecular weight excluding hydrogens is 210 g/mol. The van der Waals surface area contributed by atoms with Crippen LogP contribution in [0.15, 0.2) is 36.0 Å². The molecule has 0 bridgehead atoms. The number of likely N-dealkylation sites (N-methyl/N-ethyl adjacent to an activating group) is 1. The molecule has 0 aromatic heterocycles. The van der Waals surface area contributed by atoms with Gasteiger partial charge in [-0.3, -0.25) is 0 Å². The number of aryl methyl sites for hydroxylation is 1. The van der Waals surface area contributed by atoms with Crippen molar-refractivity contribution < 1.29 is 4.90 Å². The summed E-state index contributed by atoms with van der Waals surface area (Å²) in [6.45, 7) is 7.92. The van der Waals surface area contributed by atoms with Crippen LogP contribution in [0.4, 0.5) is 5.69 Å². The van der Waals surface area contributed by atoms with Crippen molar-refractivity contribution in [1.82, 2.24) is 5.43 Å². The zero-order valence-corrected chi connectivity index (χ0v) is 10.7. The van der Waals surface area contributed by atoms with Crippen molar-refractivity contribution >= 4 is 5.69 Å². The quantitative estimate of drug-likeness (QED) is 0.679. The van der Waals surface area contributed by atoms with Gasteiger partial charge in [0.15, 0.2) is 0 Å². The lowest BCUT2D eigenvalue weighted by atomic mass is 10.2. The fraction of sp³-hybridized carbons (Fsp3) is 0.429. The van der Waals surface area contributed by atoms with Crippen LogP contribution in [0.5, 0.6) is 0 Å². The van der Waals surface area contributed by atoms with E-state index in [0.29, 0.717) is 0 Å². The van der Waals surface area contributed by atoms with Gasteiger partial charge in [0, 0.05) is 12.1 Å². The molecule has 3 heteroatoms. The van der Waals surface area contributed by atoms with Crippen LogP contribution in [0, 0.1) is 6.92 Å². The molecule has 17 heavy (non-hydrogen) atoms. The summed E-state index contributed by atoms with van der Waals surface area (Å²) in [4.78, 5) is 1.66. The number of anilines is 1. The summed E-state index contributed by atoms with van der Waals surface area (Å²) in [5.74, 6) is 0. The van der Waals surface area contributed by atoms with Gasteiger partial charge in [-0.05, 0) is 32.1 Å². The van der Waals surface area contributed by atoms with Crippen molar-refractivity contribution in [1.29, 1.82) is 0 Å². The molecule has 0 saturated carbocycles. The van der Waals surface area contributed by atoms with Gasteiger partial charge >= 0.3 is 0 Å². The van der Waals surface area contributed by atoms with Gasteiger partial charge < -0.3 is 15.8 Å². The largest absolute Gasteiger partial charge is 0.332 e. The van der Waals surface area contributed by atoms with Crippen LogP contribution in [0.2, 0.25) is 0 Å². The predicted octanol–water partition coefficient (Wildman–Crippen LogP) is 1.10. The van der Waals surface area contributed by atoms with Crippen LogP contribution in [0.3, 0.4) is 0 Å². The molecule has 1 aromatic carbocycles. The molecule has 1 aromatic rings. The first-order valence-corrected chi connectivity index (χ1v) is 6.39. The Balaban J connectivity index is 1.83. The Labute approximate surface area is 103 Å². The van der Waals surface area contributed by atoms with E-state index in [4.69, 9.17) is 0 Å². The maximum atomic E-state index is 3.30. The summed E-state index contributed by atoms with van der Waals surface area (Å²) < 4.78 is 0. The fourth-order valence-corrected chi connectivity index (χ4v) is 2.01. The molecule has 1 aliphatic heterocycles. The highest BCUT2D eigenvalue weighted by atomic mass is 15.4. The van der Waals surface area contributed by atoms with E-state index < -0.39 is 0 Å². The molecule has 0 radical (unpaired) electrons. The number of hydrazine groups is 1. The van der Waals surface area contributed by atoms with E-state index in [2.05, 4.69) is 55.0 Å². The third kappa shape index (κ3) is 3.49. The van der Waals surface area contributed by atoms with Crippen molar-refractivity contribution in [2.45, 2.75) is 20.3 Å². The molecular formula is C14H22N3+. The van der Waals surface area contributed by atoms with E-state index in [1.165, 1.54) is 24.4 Å². The number of benzene rings is 1. The second-order valence-corrected chi connectivity index (χ2v) is 4.65. The standard InChI is InChI=1S/C14H21N3/c1-3-17-10-8-14(9-11-17)16-15-13-6-4-12(2)5-7-13/h4-8,15-16H,3,9-11H2,1-2H3/p+1.